The van der Waals surface area contributed by atoms with Gasteiger partial charge in [-0.25, -0.2) is 9.37 Å². The molecule has 0 amide bonds. The van der Waals surface area contributed by atoms with Crippen LogP contribution in [0.2, 0.25) is 5.02 Å². The first-order valence-electron chi connectivity index (χ1n) is 7.86. The third-order valence-electron chi connectivity index (χ3n) is 4.31. The first-order chi connectivity index (χ1) is 11.7. The van der Waals surface area contributed by atoms with E-state index in [1.54, 1.807) is 6.20 Å². The van der Waals surface area contributed by atoms with E-state index < -0.39 is 0 Å². The number of nitrogens with zero attached hydrogens (tertiary/aromatic N) is 4. The van der Waals surface area contributed by atoms with Crippen LogP contribution in [0, 0.1) is 5.82 Å². The quantitative estimate of drug-likeness (QED) is 0.710. The minimum Gasteiger partial charge on any atom is -0.367 e. The van der Waals surface area contributed by atoms with E-state index >= 15 is 0 Å². The summed E-state index contributed by atoms with van der Waals surface area (Å²) in [5, 5.41) is 1.07. The lowest BCUT2D eigenvalue weighted by Gasteiger charge is -2.36. The van der Waals surface area contributed by atoms with Crippen molar-refractivity contribution in [2.24, 2.45) is 0 Å². The van der Waals surface area contributed by atoms with Gasteiger partial charge in [0.25, 0.3) is 0 Å². The largest absolute Gasteiger partial charge is 0.367 e. The maximum atomic E-state index is 13.4. The molecule has 6 heteroatoms. The van der Waals surface area contributed by atoms with E-state index in [4.69, 9.17) is 11.6 Å². The molecular weight excluding hydrogens is 327 g/mol. The van der Waals surface area contributed by atoms with Gasteiger partial charge in [0.2, 0.25) is 0 Å². The van der Waals surface area contributed by atoms with Crippen molar-refractivity contribution < 1.29 is 4.39 Å². The molecule has 0 radical (unpaired) electrons. The Hall–Kier alpha value is -2.40. The SMILES string of the molecule is Fc1cc(Cl)c2nc(N3CCN(c4cccnc4)CC3)ccc2c1. The van der Waals surface area contributed by atoms with E-state index in [0.717, 1.165) is 43.1 Å². The van der Waals surface area contributed by atoms with Crippen molar-refractivity contribution in [1.29, 1.82) is 0 Å². The lowest BCUT2D eigenvalue weighted by Crippen LogP contribution is -2.46. The Morgan fingerprint density at radius 1 is 1.00 bits per heavy atom. The van der Waals surface area contributed by atoms with Crippen molar-refractivity contribution in [3.63, 3.8) is 0 Å². The second kappa shape index (κ2) is 6.24. The molecule has 1 fully saturated rings. The molecule has 0 bridgehead atoms. The normalized spacial score (nSPS) is 15.1. The second-order valence-electron chi connectivity index (χ2n) is 5.81. The summed E-state index contributed by atoms with van der Waals surface area (Å²) in [5.41, 5.74) is 1.78. The van der Waals surface area contributed by atoms with Gasteiger partial charge in [-0.05, 0) is 36.4 Å². The molecule has 0 atom stereocenters. The smallest absolute Gasteiger partial charge is 0.129 e. The highest BCUT2D eigenvalue weighted by Crippen LogP contribution is 2.27. The number of fused-ring (bicyclic) bond motifs is 1. The fourth-order valence-electron chi connectivity index (χ4n) is 3.06. The lowest BCUT2D eigenvalue weighted by atomic mass is 10.2. The molecule has 4 rings (SSSR count). The Bertz CT molecular complexity index is 864. The van der Waals surface area contributed by atoms with Crippen LogP contribution in [-0.2, 0) is 0 Å². The van der Waals surface area contributed by atoms with Gasteiger partial charge in [-0.15, -0.1) is 0 Å². The zero-order chi connectivity index (χ0) is 16.5. The van der Waals surface area contributed by atoms with E-state index in [9.17, 15) is 4.39 Å². The first kappa shape index (κ1) is 15.1. The van der Waals surface area contributed by atoms with Crippen LogP contribution in [0.5, 0.6) is 0 Å². The van der Waals surface area contributed by atoms with Gasteiger partial charge in [0, 0.05) is 37.8 Å². The number of pyridine rings is 2. The van der Waals surface area contributed by atoms with Crippen molar-refractivity contribution in [2.75, 3.05) is 36.0 Å². The molecule has 1 aliphatic rings. The fourth-order valence-corrected chi connectivity index (χ4v) is 3.31. The number of aromatic nitrogens is 2. The molecule has 0 aliphatic carbocycles. The van der Waals surface area contributed by atoms with E-state index in [1.165, 1.54) is 12.1 Å². The minimum absolute atomic E-state index is 0.341. The predicted molar refractivity (Wildman–Crippen MR) is 95.4 cm³/mol. The highest BCUT2D eigenvalue weighted by Gasteiger charge is 2.19. The Kier molecular flexibility index (Phi) is 3.94. The Morgan fingerprint density at radius 2 is 1.79 bits per heavy atom. The van der Waals surface area contributed by atoms with Gasteiger partial charge in [0.15, 0.2) is 0 Å². The maximum Gasteiger partial charge on any atom is 0.129 e. The van der Waals surface area contributed by atoms with Crippen LogP contribution >= 0.6 is 11.6 Å². The summed E-state index contributed by atoms with van der Waals surface area (Å²) >= 11 is 6.14. The van der Waals surface area contributed by atoms with Crippen LogP contribution in [0.4, 0.5) is 15.9 Å². The molecule has 3 aromatic rings. The van der Waals surface area contributed by atoms with Crippen molar-refractivity contribution >= 4 is 34.0 Å². The monoisotopic (exact) mass is 342 g/mol. The average Bonchev–Trinajstić information content (AvgIpc) is 2.62. The van der Waals surface area contributed by atoms with Crippen LogP contribution in [0.15, 0.2) is 48.8 Å². The summed E-state index contributed by atoms with van der Waals surface area (Å²) < 4.78 is 13.4. The molecule has 1 aliphatic heterocycles. The zero-order valence-corrected chi connectivity index (χ0v) is 13.7. The Balaban J connectivity index is 1.54. The summed E-state index contributed by atoms with van der Waals surface area (Å²) in [6.45, 7) is 3.55. The van der Waals surface area contributed by atoms with Gasteiger partial charge in [-0.2, -0.15) is 0 Å². The van der Waals surface area contributed by atoms with Crippen LogP contribution in [0.3, 0.4) is 0 Å². The summed E-state index contributed by atoms with van der Waals surface area (Å²) in [6, 6.07) is 10.6. The van der Waals surface area contributed by atoms with Gasteiger partial charge in [-0.1, -0.05) is 11.6 Å². The summed E-state index contributed by atoms with van der Waals surface area (Å²) in [5.74, 6) is 0.536. The number of anilines is 2. The molecular formula is C18H16ClFN4. The van der Waals surface area contributed by atoms with E-state index in [-0.39, 0.29) is 5.82 Å². The van der Waals surface area contributed by atoms with Crippen LogP contribution < -0.4 is 9.80 Å². The molecule has 0 unspecified atom stereocenters. The number of benzene rings is 1. The molecule has 0 saturated carbocycles. The van der Waals surface area contributed by atoms with Crippen LogP contribution in [0.1, 0.15) is 0 Å². The zero-order valence-electron chi connectivity index (χ0n) is 13.0. The lowest BCUT2D eigenvalue weighted by molar-refractivity contribution is 0.629. The Morgan fingerprint density at radius 3 is 2.54 bits per heavy atom. The first-order valence-corrected chi connectivity index (χ1v) is 8.24. The van der Waals surface area contributed by atoms with Crippen LogP contribution in [-0.4, -0.2) is 36.1 Å². The number of piperazine rings is 1. The number of halogens is 2. The Labute approximate surface area is 144 Å². The van der Waals surface area contributed by atoms with Crippen LogP contribution in [0.25, 0.3) is 10.9 Å². The van der Waals surface area contributed by atoms with Gasteiger partial charge in [-0.3, -0.25) is 4.98 Å². The minimum atomic E-state index is -0.341. The number of rotatable bonds is 2. The molecule has 2 aromatic heterocycles. The van der Waals surface area contributed by atoms with E-state index in [0.29, 0.717) is 10.5 Å². The van der Waals surface area contributed by atoms with Gasteiger partial charge in [0.1, 0.15) is 11.6 Å². The van der Waals surface area contributed by atoms with Crippen molar-refractivity contribution in [3.8, 4) is 0 Å². The molecule has 0 spiro atoms. The second-order valence-corrected chi connectivity index (χ2v) is 6.22. The van der Waals surface area contributed by atoms with Gasteiger partial charge in [0.05, 0.1) is 22.4 Å². The fraction of sp³-hybridized carbons (Fsp3) is 0.222. The van der Waals surface area contributed by atoms with Gasteiger partial charge < -0.3 is 9.80 Å². The average molecular weight is 343 g/mol. The number of hydrogen-bond donors (Lipinski definition) is 0. The highest BCUT2D eigenvalue weighted by atomic mass is 35.5. The summed E-state index contributed by atoms with van der Waals surface area (Å²) in [4.78, 5) is 13.3. The molecule has 4 nitrogen and oxygen atoms in total. The summed E-state index contributed by atoms with van der Waals surface area (Å²) in [7, 11) is 0. The van der Waals surface area contributed by atoms with Gasteiger partial charge >= 0.3 is 0 Å². The summed E-state index contributed by atoms with van der Waals surface area (Å²) in [6.07, 6.45) is 3.67. The topological polar surface area (TPSA) is 32.3 Å². The molecule has 3 heterocycles. The molecule has 0 N–H and O–H groups in total. The molecule has 24 heavy (non-hydrogen) atoms. The number of hydrogen-bond acceptors (Lipinski definition) is 4. The molecule has 122 valence electrons. The standard InChI is InChI=1S/C18H16ClFN4/c19-16-11-14(20)10-13-3-4-17(22-18(13)16)24-8-6-23(7-9-24)15-2-1-5-21-12-15/h1-5,10-12H,6-9H2. The molecule has 1 aromatic carbocycles. The maximum absolute atomic E-state index is 13.4. The third-order valence-corrected chi connectivity index (χ3v) is 4.60. The van der Waals surface area contributed by atoms with Crippen molar-refractivity contribution in [1.82, 2.24) is 9.97 Å². The van der Waals surface area contributed by atoms with Crippen molar-refractivity contribution in [2.45, 2.75) is 0 Å². The van der Waals surface area contributed by atoms with E-state index in [2.05, 4.69) is 25.8 Å². The third kappa shape index (κ3) is 2.87. The predicted octanol–water partition coefficient (Wildman–Crippen LogP) is 3.75. The highest BCUT2D eigenvalue weighted by molar-refractivity contribution is 6.35. The van der Waals surface area contributed by atoms with E-state index in [1.807, 2.05) is 24.4 Å². The molecule has 1 saturated heterocycles. The van der Waals surface area contributed by atoms with Crippen molar-refractivity contribution in [3.05, 3.63) is 59.6 Å².